The number of rotatable bonds is 8. The maximum Gasteiger partial charge on any atom is 0.269 e. The molecular formula is C20H27N3O2. The van der Waals surface area contributed by atoms with Crippen molar-refractivity contribution in [1.82, 2.24) is 10.3 Å². The van der Waals surface area contributed by atoms with E-state index in [-0.39, 0.29) is 12.0 Å². The van der Waals surface area contributed by atoms with Gasteiger partial charge >= 0.3 is 0 Å². The van der Waals surface area contributed by atoms with Gasteiger partial charge in [-0.15, -0.1) is 0 Å². The lowest BCUT2D eigenvalue weighted by atomic mass is 10.1. The number of ether oxygens (including phenoxy) is 1. The van der Waals surface area contributed by atoms with Crippen LogP contribution in [-0.2, 0) is 0 Å². The molecule has 0 aliphatic heterocycles. The Labute approximate surface area is 149 Å². The normalized spacial score (nSPS) is 10.8. The molecule has 1 heterocycles. The average Bonchev–Trinajstić information content (AvgIpc) is 2.56. The lowest BCUT2D eigenvalue weighted by molar-refractivity contribution is 0.0947. The average molecular weight is 341 g/mol. The first-order valence-corrected chi connectivity index (χ1v) is 8.72. The van der Waals surface area contributed by atoms with Gasteiger partial charge in [0.05, 0.1) is 11.8 Å². The number of para-hydroxylation sites is 2. The Morgan fingerprint density at radius 1 is 1.16 bits per heavy atom. The molecule has 0 fully saturated rings. The predicted molar refractivity (Wildman–Crippen MR) is 102 cm³/mol. The smallest absolute Gasteiger partial charge is 0.269 e. The molecule has 0 saturated heterocycles. The van der Waals surface area contributed by atoms with Crippen molar-refractivity contribution < 1.29 is 9.53 Å². The highest BCUT2D eigenvalue weighted by atomic mass is 16.5. The van der Waals surface area contributed by atoms with Gasteiger partial charge in [-0.3, -0.25) is 9.78 Å². The summed E-state index contributed by atoms with van der Waals surface area (Å²) in [4.78, 5) is 16.4. The van der Waals surface area contributed by atoms with Crippen molar-refractivity contribution in [3.05, 3.63) is 48.3 Å². The zero-order valence-corrected chi connectivity index (χ0v) is 15.4. The minimum Gasteiger partial charge on any atom is -0.489 e. The SMILES string of the molecule is CC(C)CCNC(=O)c1cc(Nc2ccccc2OC(C)C)ccn1. The van der Waals surface area contributed by atoms with Crippen LogP contribution in [0.3, 0.4) is 0 Å². The molecule has 0 spiro atoms. The van der Waals surface area contributed by atoms with Gasteiger partial charge in [-0.1, -0.05) is 26.0 Å². The Morgan fingerprint density at radius 2 is 1.92 bits per heavy atom. The van der Waals surface area contributed by atoms with Gasteiger partial charge in [-0.05, 0) is 50.5 Å². The van der Waals surface area contributed by atoms with Crippen molar-refractivity contribution in [2.24, 2.45) is 5.92 Å². The molecule has 0 aliphatic rings. The van der Waals surface area contributed by atoms with Crippen molar-refractivity contribution in [1.29, 1.82) is 0 Å². The van der Waals surface area contributed by atoms with Gasteiger partial charge in [0.15, 0.2) is 0 Å². The minimum absolute atomic E-state index is 0.0858. The molecule has 0 aliphatic carbocycles. The molecule has 134 valence electrons. The van der Waals surface area contributed by atoms with Crippen LogP contribution in [0.2, 0.25) is 0 Å². The molecule has 1 aromatic heterocycles. The standard InChI is InChI=1S/C20H27N3O2/c1-14(2)9-11-22-20(24)18-13-16(10-12-21-18)23-17-7-5-6-8-19(17)25-15(3)4/h5-8,10,12-15H,9,11H2,1-4H3,(H,21,23)(H,22,24). The number of carbonyl (C=O) groups excluding carboxylic acids is 1. The highest BCUT2D eigenvalue weighted by Crippen LogP contribution is 2.28. The largest absolute Gasteiger partial charge is 0.489 e. The fraction of sp³-hybridized carbons (Fsp3) is 0.400. The molecule has 1 amide bonds. The summed E-state index contributed by atoms with van der Waals surface area (Å²) in [6.07, 6.45) is 2.66. The number of hydrogen-bond acceptors (Lipinski definition) is 4. The Hall–Kier alpha value is -2.56. The summed E-state index contributed by atoms with van der Waals surface area (Å²) >= 11 is 0. The Balaban J connectivity index is 2.08. The summed E-state index contributed by atoms with van der Waals surface area (Å²) in [6.45, 7) is 8.89. The quantitative estimate of drug-likeness (QED) is 0.747. The molecule has 5 heteroatoms. The summed E-state index contributed by atoms with van der Waals surface area (Å²) in [5, 5.41) is 6.21. The highest BCUT2D eigenvalue weighted by molar-refractivity contribution is 5.93. The molecule has 25 heavy (non-hydrogen) atoms. The van der Waals surface area contributed by atoms with Crippen LogP contribution >= 0.6 is 0 Å². The molecule has 5 nitrogen and oxygen atoms in total. The summed E-state index contributed by atoms with van der Waals surface area (Å²) in [5.74, 6) is 1.17. The number of hydrogen-bond donors (Lipinski definition) is 2. The van der Waals surface area contributed by atoms with Gasteiger partial charge < -0.3 is 15.4 Å². The summed E-state index contributed by atoms with van der Waals surface area (Å²) in [7, 11) is 0. The van der Waals surface area contributed by atoms with E-state index in [4.69, 9.17) is 4.74 Å². The van der Waals surface area contributed by atoms with Crippen molar-refractivity contribution in [2.75, 3.05) is 11.9 Å². The maximum absolute atomic E-state index is 12.2. The highest BCUT2D eigenvalue weighted by Gasteiger charge is 2.10. The summed E-state index contributed by atoms with van der Waals surface area (Å²) < 4.78 is 5.81. The Bertz CT molecular complexity index is 699. The van der Waals surface area contributed by atoms with Crippen molar-refractivity contribution in [3.63, 3.8) is 0 Å². The van der Waals surface area contributed by atoms with Crippen LogP contribution < -0.4 is 15.4 Å². The number of amides is 1. The van der Waals surface area contributed by atoms with E-state index in [0.717, 1.165) is 23.5 Å². The number of nitrogens with zero attached hydrogens (tertiary/aromatic N) is 1. The van der Waals surface area contributed by atoms with Crippen LogP contribution in [0.1, 0.15) is 44.6 Å². The lowest BCUT2D eigenvalue weighted by Crippen LogP contribution is -2.26. The van der Waals surface area contributed by atoms with Crippen molar-refractivity contribution >= 4 is 17.3 Å². The molecule has 0 radical (unpaired) electrons. The maximum atomic E-state index is 12.2. The summed E-state index contributed by atoms with van der Waals surface area (Å²) in [6, 6.07) is 11.3. The molecule has 2 N–H and O–H groups in total. The zero-order valence-electron chi connectivity index (χ0n) is 15.4. The number of benzene rings is 1. The van der Waals surface area contributed by atoms with E-state index >= 15 is 0 Å². The van der Waals surface area contributed by atoms with Crippen LogP contribution in [0.15, 0.2) is 42.6 Å². The fourth-order valence-electron chi connectivity index (χ4n) is 2.28. The Kier molecular flexibility index (Phi) is 6.81. The monoisotopic (exact) mass is 341 g/mol. The second-order valence-electron chi connectivity index (χ2n) is 6.66. The van der Waals surface area contributed by atoms with E-state index in [0.29, 0.717) is 18.2 Å². The van der Waals surface area contributed by atoms with Gasteiger partial charge in [0.1, 0.15) is 11.4 Å². The van der Waals surface area contributed by atoms with E-state index in [1.807, 2.05) is 44.2 Å². The number of aromatic nitrogens is 1. The van der Waals surface area contributed by atoms with Crippen LogP contribution in [0.25, 0.3) is 0 Å². The third-order valence-corrected chi connectivity index (χ3v) is 3.53. The second kappa shape index (κ2) is 9.06. The molecule has 0 atom stereocenters. The van der Waals surface area contributed by atoms with Crippen molar-refractivity contribution in [3.8, 4) is 5.75 Å². The van der Waals surface area contributed by atoms with E-state index < -0.39 is 0 Å². The molecule has 2 aromatic rings. The summed E-state index contributed by atoms with van der Waals surface area (Å²) in [5.41, 5.74) is 2.05. The van der Waals surface area contributed by atoms with Crippen LogP contribution in [0.5, 0.6) is 5.75 Å². The first-order chi connectivity index (χ1) is 12.0. The number of anilines is 2. The van der Waals surface area contributed by atoms with Gasteiger partial charge in [0.25, 0.3) is 5.91 Å². The molecular weight excluding hydrogens is 314 g/mol. The van der Waals surface area contributed by atoms with Crippen molar-refractivity contribution in [2.45, 2.75) is 40.2 Å². The van der Waals surface area contributed by atoms with Crippen LogP contribution in [-0.4, -0.2) is 23.5 Å². The molecule has 2 rings (SSSR count). The van der Waals surface area contributed by atoms with E-state index in [1.165, 1.54) is 0 Å². The van der Waals surface area contributed by atoms with Crippen LogP contribution in [0.4, 0.5) is 11.4 Å². The first kappa shape index (κ1) is 18.8. The van der Waals surface area contributed by atoms with E-state index in [9.17, 15) is 4.79 Å². The first-order valence-electron chi connectivity index (χ1n) is 8.72. The third kappa shape index (κ3) is 6.10. The topological polar surface area (TPSA) is 63.2 Å². The zero-order chi connectivity index (χ0) is 18.2. The van der Waals surface area contributed by atoms with E-state index in [1.54, 1.807) is 12.3 Å². The van der Waals surface area contributed by atoms with Gasteiger partial charge in [0.2, 0.25) is 0 Å². The second-order valence-corrected chi connectivity index (χ2v) is 6.66. The Morgan fingerprint density at radius 3 is 2.64 bits per heavy atom. The number of nitrogens with one attached hydrogen (secondary N) is 2. The lowest BCUT2D eigenvalue weighted by Gasteiger charge is -2.15. The number of carbonyl (C=O) groups is 1. The minimum atomic E-state index is -0.156. The van der Waals surface area contributed by atoms with Gasteiger partial charge in [-0.2, -0.15) is 0 Å². The fourth-order valence-corrected chi connectivity index (χ4v) is 2.28. The third-order valence-electron chi connectivity index (χ3n) is 3.53. The predicted octanol–water partition coefficient (Wildman–Crippen LogP) is 4.39. The van der Waals surface area contributed by atoms with Gasteiger partial charge in [-0.25, -0.2) is 0 Å². The van der Waals surface area contributed by atoms with Crippen LogP contribution in [0, 0.1) is 5.92 Å². The molecule has 0 unspecified atom stereocenters. The molecule has 0 bridgehead atoms. The molecule has 0 saturated carbocycles. The number of pyridine rings is 1. The van der Waals surface area contributed by atoms with Gasteiger partial charge in [0, 0.05) is 18.4 Å². The van der Waals surface area contributed by atoms with E-state index in [2.05, 4.69) is 29.5 Å². The molecule has 1 aromatic carbocycles.